The normalized spacial score (nSPS) is 15.2. The largest absolute Gasteiger partial charge is 0.465 e. The summed E-state index contributed by atoms with van der Waals surface area (Å²) in [6, 6.07) is -1.10. The summed E-state index contributed by atoms with van der Waals surface area (Å²) >= 11 is 1.45. The standard InChI is InChI=1S/C12H20N2O3S/c1-5-17-10(16)8(13)9(15)7-6-18-11(14-7)12(2,3)4/h6,8-9,15H,5,13H2,1-4H3. The number of carbonyl (C=O) groups excluding carboxylic acids is 1. The summed E-state index contributed by atoms with van der Waals surface area (Å²) < 4.78 is 4.77. The average molecular weight is 272 g/mol. The maximum Gasteiger partial charge on any atom is 0.326 e. The van der Waals surface area contributed by atoms with Crippen molar-refractivity contribution in [2.24, 2.45) is 5.73 Å². The van der Waals surface area contributed by atoms with Crippen molar-refractivity contribution in [3.05, 3.63) is 16.1 Å². The quantitative estimate of drug-likeness (QED) is 0.808. The summed E-state index contributed by atoms with van der Waals surface area (Å²) in [4.78, 5) is 15.8. The van der Waals surface area contributed by atoms with Gasteiger partial charge in [-0.1, -0.05) is 20.8 Å². The van der Waals surface area contributed by atoms with Gasteiger partial charge in [-0.3, -0.25) is 4.79 Å². The summed E-state index contributed by atoms with van der Waals surface area (Å²) in [5, 5.41) is 12.6. The first-order valence-electron chi connectivity index (χ1n) is 5.83. The van der Waals surface area contributed by atoms with E-state index in [1.54, 1.807) is 12.3 Å². The van der Waals surface area contributed by atoms with Crippen molar-refractivity contribution in [2.75, 3.05) is 6.61 Å². The lowest BCUT2D eigenvalue weighted by Crippen LogP contribution is -2.38. The molecule has 2 unspecified atom stereocenters. The van der Waals surface area contributed by atoms with Crippen LogP contribution in [-0.2, 0) is 14.9 Å². The van der Waals surface area contributed by atoms with Gasteiger partial charge in [-0.25, -0.2) is 4.98 Å². The molecule has 0 aliphatic rings. The van der Waals surface area contributed by atoms with E-state index in [1.807, 2.05) is 20.8 Å². The number of ether oxygens (including phenoxy) is 1. The molecule has 18 heavy (non-hydrogen) atoms. The van der Waals surface area contributed by atoms with Gasteiger partial charge < -0.3 is 15.6 Å². The summed E-state index contributed by atoms with van der Waals surface area (Å²) in [7, 11) is 0. The van der Waals surface area contributed by atoms with Crippen LogP contribution in [0.15, 0.2) is 5.38 Å². The predicted molar refractivity (Wildman–Crippen MR) is 70.4 cm³/mol. The van der Waals surface area contributed by atoms with E-state index in [2.05, 4.69) is 4.98 Å². The number of nitrogens with two attached hydrogens (primary N) is 1. The molecule has 0 fully saturated rings. The van der Waals surface area contributed by atoms with Crippen molar-refractivity contribution in [2.45, 2.75) is 45.3 Å². The number of carbonyl (C=O) groups is 1. The minimum absolute atomic E-state index is 0.0866. The molecule has 5 nitrogen and oxygen atoms in total. The summed E-state index contributed by atoms with van der Waals surface area (Å²) in [6.45, 7) is 8.04. The zero-order valence-corrected chi connectivity index (χ0v) is 12.0. The molecule has 1 aromatic heterocycles. The molecule has 2 atom stereocenters. The lowest BCUT2D eigenvalue weighted by Gasteiger charge is -2.16. The lowest BCUT2D eigenvalue weighted by molar-refractivity contribution is -0.147. The number of aliphatic hydroxyl groups excluding tert-OH is 1. The average Bonchev–Trinajstić information content (AvgIpc) is 2.76. The molecule has 0 amide bonds. The molecule has 0 saturated carbocycles. The molecular formula is C12H20N2O3S. The Morgan fingerprint density at radius 1 is 1.61 bits per heavy atom. The van der Waals surface area contributed by atoms with E-state index in [0.29, 0.717) is 5.69 Å². The number of aromatic nitrogens is 1. The van der Waals surface area contributed by atoms with Gasteiger partial charge in [-0.15, -0.1) is 11.3 Å². The van der Waals surface area contributed by atoms with Crippen LogP contribution in [0.3, 0.4) is 0 Å². The summed E-state index contributed by atoms with van der Waals surface area (Å²) in [6.07, 6.45) is -1.13. The molecule has 0 radical (unpaired) electrons. The fraction of sp³-hybridized carbons (Fsp3) is 0.667. The highest BCUT2D eigenvalue weighted by Crippen LogP contribution is 2.28. The Kier molecular flexibility index (Phi) is 4.84. The van der Waals surface area contributed by atoms with Crippen molar-refractivity contribution in [1.29, 1.82) is 0 Å². The van der Waals surface area contributed by atoms with Crippen molar-refractivity contribution in [1.82, 2.24) is 4.98 Å². The summed E-state index contributed by atoms with van der Waals surface area (Å²) in [5.74, 6) is -0.615. The van der Waals surface area contributed by atoms with Crippen molar-refractivity contribution < 1.29 is 14.6 Å². The molecule has 3 N–H and O–H groups in total. The van der Waals surface area contributed by atoms with E-state index in [4.69, 9.17) is 10.5 Å². The van der Waals surface area contributed by atoms with Crippen LogP contribution in [-0.4, -0.2) is 28.7 Å². The third-order valence-electron chi connectivity index (χ3n) is 2.37. The number of thiazole rings is 1. The van der Waals surface area contributed by atoms with E-state index >= 15 is 0 Å². The molecule has 1 heterocycles. The zero-order chi connectivity index (χ0) is 13.9. The van der Waals surface area contributed by atoms with Gasteiger partial charge in [0.25, 0.3) is 0 Å². The first kappa shape index (κ1) is 15.1. The molecule has 6 heteroatoms. The minimum Gasteiger partial charge on any atom is -0.465 e. The first-order chi connectivity index (χ1) is 8.27. The van der Waals surface area contributed by atoms with Crippen LogP contribution in [0, 0.1) is 0 Å². The van der Waals surface area contributed by atoms with Crippen LogP contribution in [0.2, 0.25) is 0 Å². The van der Waals surface area contributed by atoms with Gasteiger partial charge >= 0.3 is 5.97 Å². The Morgan fingerprint density at radius 3 is 2.67 bits per heavy atom. The second-order valence-corrected chi connectivity index (χ2v) is 5.91. The maximum absolute atomic E-state index is 11.4. The van der Waals surface area contributed by atoms with Gasteiger partial charge in [0.05, 0.1) is 17.3 Å². The third-order valence-corrected chi connectivity index (χ3v) is 3.65. The number of hydrogen-bond donors (Lipinski definition) is 2. The highest BCUT2D eigenvalue weighted by Gasteiger charge is 2.28. The molecule has 0 bridgehead atoms. The van der Waals surface area contributed by atoms with Gasteiger partial charge in [0.1, 0.15) is 12.1 Å². The molecule has 1 rings (SSSR count). The third kappa shape index (κ3) is 3.51. The second-order valence-electron chi connectivity index (χ2n) is 5.05. The van der Waals surface area contributed by atoms with Gasteiger partial charge in [-0.05, 0) is 6.92 Å². The molecule has 102 valence electrons. The maximum atomic E-state index is 11.4. The fourth-order valence-electron chi connectivity index (χ4n) is 1.32. The fourth-order valence-corrected chi connectivity index (χ4v) is 2.25. The number of nitrogens with zero attached hydrogens (tertiary/aromatic N) is 1. The minimum atomic E-state index is -1.13. The smallest absolute Gasteiger partial charge is 0.326 e. The predicted octanol–water partition coefficient (Wildman–Crippen LogP) is 1.36. The molecule has 0 aromatic carbocycles. The molecule has 1 aromatic rings. The highest BCUT2D eigenvalue weighted by atomic mass is 32.1. The first-order valence-corrected chi connectivity index (χ1v) is 6.71. The SMILES string of the molecule is CCOC(=O)C(N)C(O)c1csc(C(C)(C)C)n1. The van der Waals surface area contributed by atoms with E-state index in [0.717, 1.165) is 5.01 Å². The monoisotopic (exact) mass is 272 g/mol. The van der Waals surface area contributed by atoms with Gasteiger partial charge in [0.15, 0.2) is 0 Å². The van der Waals surface area contributed by atoms with Crippen LogP contribution >= 0.6 is 11.3 Å². The van der Waals surface area contributed by atoms with Crippen molar-refractivity contribution >= 4 is 17.3 Å². The number of aliphatic hydroxyl groups is 1. The summed E-state index contributed by atoms with van der Waals surface area (Å²) in [5.41, 5.74) is 5.97. The Bertz CT molecular complexity index is 412. The molecular weight excluding hydrogens is 252 g/mol. The van der Waals surface area contributed by atoms with E-state index < -0.39 is 18.1 Å². The van der Waals surface area contributed by atoms with Gasteiger partial charge in [0.2, 0.25) is 0 Å². The Morgan fingerprint density at radius 2 is 2.22 bits per heavy atom. The van der Waals surface area contributed by atoms with Crippen LogP contribution in [0.25, 0.3) is 0 Å². The Hall–Kier alpha value is -0.980. The molecule has 0 aliphatic heterocycles. The molecule has 0 spiro atoms. The zero-order valence-electron chi connectivity index (χ0n) is 11.1. The van der Waals surface area contributed by atoms with Gasteiger partial charge in [0, 0.05) is 10.8 Å². The second kappa shape index (κ2) is 5.77. The van der Waals surface area contributed by atoms with E-state index in [9.17, 15) is 9.90 Å². The van der Waals surface area contributed by atoms with Crippen LogP contribution in [0.5, 0.6) is 0 Å². The van der Waals surface area contributed by atoms with Crippen LogP contribution in [0.4, 0.5) is 0 Å². The molecule has 0 saturated heterocycles. The number of esters is 1. The van der Waals surface area contributed by atoms with Crippen LogP contribution < -0.4 is 5.73 Å². The van der Waals surface area contributed by atoms with Crippen molar-refractivity contribution in [3.8, 4) is 0 Å². The number of hydrogen-bond acceptors (Lipinski definition) is 6. The topological polar surface area (TPSA) is 85.4 Å². The van der Waals surface area contributed by atoms with E-state index in [-0.39, 0.29) is 12.0 Å². The Labute approximate surface area is 111 Å². The Balaban J connectivity index is 2.81. The van der Waals surface area contributed by atoms with Crippen molar-refractivity contribution in [3.63, 3.8) is 0 Å². The molecule has 0 aliphatic carbocycles. The number of rotatable bonds is 4. The van der Waals surface area contributed by atoms with E-state index in [1.165, 1.54) is 11.3 Å². The lowest BCUT2D eigenvalue weighted by atomic mass is 9.98. The van der Waals surface area contributed by atoms with Crippen LogP contribution in [0.1, 0.15) is 44.5 Å². The highest BCUT2D eigenvalue weighted by molar-refractivity contribution is 7.09. The van der Waals surface area contributed by atoms with Gasteiger partial charge in [-0.2, -0.15) is 0 Å².